The van der Waals surface area contributed by atoms with E-state index < -0.39 is 10.0 Å². The van der Waals surface area contributed by atoms with Gasteiger partial charge in [-0.1, -0.05) is 6.42 Å². The average Bonchev–Trinajstić information content (AvgIpc) is 3.05. The number of aryl methyl sites for hydroxylation is 2. The molecule has 3 rings (SSSR count). The van der Waals surface area contributed by atoms with E-state index in [0.717, 1.165) is 55.0 Å². The minimum Gasteiger partial charge on any atom is -0.370 e. The third-order valence-corrected chi connectivity index (χ3v) is 8.45. The minimum atomic E-state index is -3.59. The first-order valence-electron chi connectivity index (χ1n) is 11.9. The number of sulfonamides is 1. The van der Waals surface area contributed by atoms with Gasteiger partial charge in [-0.3, -0.25) is 9.48 Å². The standard InChI is InChI=1S/C24H37N5O3S/c1-6-28(7-2)23-13-11-20(33(31,32)29-15-9-8-10-16-29)17-22(23)25-24(30)14-12-21-18(3)26-27(5)19(21)4/h11,13,17H,6-10,12,14-16H2,1-5H3,(H,25,30). The van der Waals surface area contributed by atoms with Crippen molar-refractivity contribution < 1.29 is 13.2 Å². The van der Waals surface area contributed by atoms with E-state index in [1.807, 2.05) is 45.5 Å². The number of nitrogens with zero attached hydrogens (tertiary/aromatic N) is 4. The average molecular weight is 476 g/mol. The van der Waals surface area contributed by atoms with Crippen LogP contribution in [-0.2, 0) is 28.3 Å². The van der Waals surface area contributed by atoms with Crippen LogP contribution in [0.1, 0.15) is 56.5 Å². The van der Waals surface area contributed by atoms with Gasteiger partial charge in [0.2, 0.25) is 15.9 Å². The number of benzene rings is 1. The Morgan fingerprint density at radius 1 is 1.12 bits per heavy atom. The fraction of sp³-hybridized carbons (Fsp3) is 0.583. The Balaban J connectivity index is 1.85. The van der Waals surface area contributed by atoms with Crippen molar-refractivity contribution in [3.63, 3.8) is 0 Å². The number of rotatable bonds is 9. The number of nitrogens with one attached hydrogen (secondary N) is 1. The summed E-state index contributed by atoms with van der Waals surface area (Å²) in [5.41, 5.74) is 4.44. The van der Waals surface area contributed by atoms with Gasteiger partial charge in [0, 0.05) is 45.3 Å². The predicted octanol–water partition coefficient (Wildman–Crippen LogP) is 3.63. The number of hydrogen-bond donors (Lipinski definition) is 1. The van der Waals surface area contributed by atoms with Crippen LogP contribution >= 0.6 is 0 Å². The van der Waals surface area contributed by atoms with Crippen LogP contribution < -0.4 is 10.2 Å². The zero-order valence-electron chi connectivity index (χ0n) is 20.5. The van der Waals surface area contributed by atoms with Crippen molar-refractivity contribution >= 4 is 27.3 Å². The molecule has 0 radical (unpaired) electrons. The molecule has 0 bridgehead atoms. The number of anilines is 2. The molecule has 1 amide bonds. The van der Waals surface area contributed by atoms with Crippen LogP contribution in [0.3, 0.4) is 0 Å². The summed E-state index contributed by atoms with van der Waals surface area (Å²) >= 11 is 0. The summed E-state index contributed by atoms with van der Waals surface area (Å²) in [5, 5.41) is 7.42. The second kappa shape index (κ2) is 10.7. The van der Waals surface area contributed by atoms with Crippen molar-refractivity contribution in [3.8, 4) is 0 Å². The fourth-order valence-electron chi connectivity index (χ4n) is 4.50. The molecule has 1 fully saturated rings. The molecule has 1 saturated heterocycles. The van der Waals surface area contributed by atoms with E-state index in [0.29, 0.717) is 31.6 Å². The largest absolute Gasteiger partial charge is 0.370 e. The molecule has 2 aromatic rings. The first kappa shape index (κ1) is 25.2. The molecule has 0 spiro atoms. The molecular weight excluding hydrogens is 438 g/mol. The Morgan fingerprint density at radius 2 is 1.79 bits per heavy atom. The van der Waals surface area contributed by atoms with Gasteiger partial charge < -0.3 is 10.2 Å². The molecule has 8 nitrogen and oxygen atoms in total. The first-order valence-corrected chi connectivity index (χ1v) is 13.3. The normalized spacial score (nSPS) is 14.9. The predicted molar refractivity (Wildman–Crippen MR) is 132 cm³/mol. The lowest BCUT2D eigenvalue weighted by molar-refractivity contribution is -0.116. The van der Waals surface area contributed by atoms with Gasteiger partial charge in [0.25, 0.3) is 0 Å². The van der Waals surface area contributed by atoms with E-state index >= 15 is 0 Å². The Morgan fingerprint density at radius 3 is 2.36 bits per heavy atom. The maximum Gasteiger partial charge on any atom is 0.243 e. The van der Waals surface area contributed by atoms with Crippen molar-refractivity contribution in [3.05, 3.63) is 35.2 Å². The highest BCUT2D eigenvalue weighted by atomic mass is 32.2. The summed E-state index contributed by atoms with van der Waals surface area (Å²) in [6.07, 6.45) is 3.71. The quantitative estimate of drug-likeness (QED) is 0.598. The number of piperidine rings is 1. The van der Waals surface area contributed by atoms with E-state index in [2.05, 4.69) is 15.3 Å². The first-order chi connectivity index (χ1) is 15.7. The van der Waals surface area contributed by atoms with Gasteiger partial charge in [-0.05, 0) is 70.7 Å². The number of amides is 1. The number of carbonyl (C=O) groups excluding carboxylic acids is 1. The Bertz CT molecular complexity index is 1080. The van der Waals surface area contributed by atoms with Gasteiger partial charge >= 0.3 is 0 Å². The molecule has 1 aliphatic heterocycles. The third kappa shape index (κ3) is 5.58. The summed E-state index contributed by atoms with van der Waals surface area (Å²) in [6.45, 7) is 10.6. The molecular formula is C24H37N5O3S. The summed E-state index contributed by atoms with van der Waals surface area (Å²) in [5.74, 6) is -0.140. The highest BCUT2D eigenvalue weighted by molar-refractivity contribution is 7.89. The van der Waals surface area contributed by atoms with Gasteiger partial charge in [-0.2, -0.15) is 9.40 Å². The summed E-state index contributed by atoms with van der Waals surface area (Å²) in [6, 6.07) is 5.10. The van der Waals surface area contributed by atoms with Crippen molar-refractivity contribution in [1.29, 1.82) is 0 Å². The van der Waals surface area contributed by atoms with Crippen LogP contribution in [0.15, 0.2) is 23.1 Å². The maximum atomic E-state index is 13.2. The number of aromatic nitrogens is 2. The van der Waals surface area contributed by atoms with Crippen LogP contribution in [0.5, 0.6) is 0 Å². The lowest BCUT2D eigenvalue weighted by Crippen LogP contribution is -2.35. The van der Waals surface area contributed by atoms with Gasteiger partial charge in [0.05, 0.1) is 22.0 Å². The molecule has 2 heterocycles. The molecule has 1 aromatic heterocycles. The molecule has 9 heteroatoms. The Kier molecular flexibility index (Phi) is 8.18. The Hall–Kier alpha value is -2.39. The number of carbonyl (C=O) groups is 1. The molecule has 182 valence electrons. The summed E-state index contributed by atoms with van der Waals surface area (Å²) in [7, 11) is -1.69. The van der Waals surface area contributed by atoms with Gasteiger partial charge in [-0.25, -0.2) is 8.42 Å². The van der Waals surface area contributed by atoms with Crippen LogP contribution in [-0.4, -0.2) is 54.6 Å². The number of hydrogen-bond acceptors (Lipinski definition) is 5. The zero-order valence-corrected chi connectivity index (χ0v) is 21.3. The molecule has 0 unspecified atom stereocenters. The highest BCUT2D eigenvalue weighted by Gasteiger charge is 2.27. The minimum absolute atomic E-state index is 0.140. The van der Waals surface area contributed by atoms with Gasteiger partial charge in [-0.15, -0.1) is 0 Å². The van der Waals surface area contributed by atoms with E-state index in [1.165, 1.54) is 0 Å². The topological polar surface area (TPSA) is 87.5 Å². The van der Waals surface area contributed by atoms with Gasteiger partial charge in [0.1, 0.15) is 0 Å². The van der Waals surface area contributed by atoms with Crippen LogP contribution in [0, 0.1) is 13.8 Å². The monoisotopic (exact) mass is 475 g/mol. The molecule has 0 atom stereocenters. The molecule has 0 aliphatic carbocycles. The SMILES string of the molecule is CCN(CC)c1ccc(S(=O)(=O)N2CCCCC2)cc1NC(=O)CCc1c(C)nn(C)c1C. The van der Waals surface area contributed by atoms with Crippen molar-refractivity contribution in [2.45, 2.75) is 64.7 Å². The van der Waals surface area contributed by atoms with Crippen LogP contribution in [0.2, 0.25) is 0 Å². The third-order valence-electron chi connectivity index (χ3n) is 6.56. The van der Waals surface area contributed by atoms with E-state index in [-0.39, 0.29) is 10.8 Å². The van der Waals surface area contributed by atoms with Crippen LogP contribution in [0.25, 0.3) is 0 Å². The van der Waals surface area contributed by atoms with E-state index in [1.54, 1.807) is 16.4 Å². The smallest absolute Gasteiger partial charge is 0.243 e. The molecule has 1 aromatic carbocycles. The summed E-state index contributed by atoms with van der Waals surface area (Å²) < 4.78 is 29.8. The lowest BCUT2D eigenvalue weighted by Gasteiger charge is -2.28. The fourth-order valence-corrected chi connectivity index (χ4v) is 6.04. The second-order valence-corrected chi connectivity index (χ2v) is 10.6. The lowest BCUT2D eigenvalue weighted by atomic mass is 10.1. The maximum absolute atomic E-state index is 13.2. The highest BCUT2D eigenvalue weighted by Crippen LogP contribution is 2.31. The van der Waals surface area contributed by atoms with Gasteiger partial charge in [0.15, 0.2) is 0 Å². The van der Waals surface area contributed by atoms with Crippen LogP contribution in [0.4, 0.5) is 11.4 Å². The van der Waals surface area contributed by atoms with E-state index in [9.17, 15) is 13.2 Å². The molecule has 0 saturated carbocycles. The van der Waals surface area contributed by atoms with Crippen molar-refractivity contribution in [1.82, 2.24) is 14.1 Å². The second-order valence-electron chi connectivity index (χ2n) is 8.64. The molecule has 33 heavy (non-hydrogen) atoms. The van der Waals surface area contributed by atoms with Crippen molar-refractivity contribution in [2.75, 3.05) is 36.4 Å². The summed E-state index contributed by atoms with van der Waals surface area (Å²) in [4.78, 5) is 15.3. The molecule has 1 N–H and O–H groups in total. The van der Waals surface area contributed by atoms with Crippen molar-refractivity contribution in [2.24, 2.45) is 7.05 Å². The zero-order chi connectivity index (χ0) is 24.2. The molecule has 1 aliphatic rings. The Labute approximate surface area is 198 Å². The van der Waals surface area contributed by atoms with E-state index in [4.69, 9.17) is 0 Å².